The Balaban J connectivity index is 2.15. The SMILES string of the molecule is CCc1ccc(NS(=O)(=O)C2NNCC2C(=O)OC)cc1. The zero-order valence-electron chi connectivity index (χ0n) is 11.9. The van der Waals surface area contributed by atoms with E-state index in [1.807, 2.05) is 19.1 Å². The summed E-state index contributed by atoms with van der Waals surface area (Å²) < 4.78 is 31.8. The number of hydrogen-bond acceptors (Lipinski definition) is 6. The van der Waals surface area contributed by atoms with Crippen LogP contribution in [-0.2, 0) is 26.0 Å². The summed E-state index contributed by atoms with van der Waals surface area (Å²) in [5.41, 5.74) is 6.86. The van der Waals surface area contributed by atoms with Gasteiger partial charge in [-0.25, -0.2) is 13.8 Å². The molecule has 1 aliphatic rings. The number of benzene rings is 1. The van der Waals surface area contributed by atoms with Gasteiger partial charge in [-0.2, -0.15) is 0 Å². The molecule has 8 heteroatoms. The van der Waals surface area contributed by atoms with Gasteiger partial charge in [0.1, 0.15) is 5.92 Å². The van der Waals surface area contributed by atoms with E-state index in [2.05, 4.69) is 20.3 Å². The van der Waals surface area contributed by atoms with Crippen LogP contribution in [0.5, 0.6) is 0 Å². The van der Waals surface area contributed by atoms with Crippen molar-refractivity contribution in [2.24, 2.45) is 5.92 Å². The molecule has 3 N–H and O–H groups in total. The second-order valence-corrected chi connectivity index (χ2v) is 6.58. The van der Waals surface area contributed by atoms with Crippen molar-refractivity contribution in [1.82, 2.24) is 10.9 Å². The lowest BCUT2D eigenvalue weighted by molar-refractivity contribution is -0.144. The Labute approximate surface area is 124 Å². The van der Waals surface area contributed by atoms with Crippen molar-refractivity contribution in [2.45, 2.75) is 18.7 Å². The molecule has 0 radical (unpaired) electrons. The molecule has 0 aromatic heterocycles. The molecule has 1 aromatic carbocycles. The van der Waals surface area contributed by atoms with E-state index in [9.17, 15) is 13.2 Å². The molecule has 1 aliphatic heterocycles. The summed E-state index contributed by atoms with van der Waals surface area (Å²) in [7, 11) is -2.52. The number of rotatable bonds is 5. The summed E-state index contributed by atoms with van der Waals surface area (Å²) in [6.45, 7) is 2.22. The van der Waals surface area contributed by atoms with Crippen molar-refractivity contribution in [2.75, 3.05) is 18.4 Å². The Bertz CT molecular complexity index is 600. The van der Waals surface area contributed by atoms with Crippen molar-refractivity contribution in [3.05, 3.63) is 29.8 Å². The largest absolute Gasteiger partial charge is 0.469 e. The van der Waals surface area contributed by atoms with Crippen LogP contribution >= 0.6 is 0 Å². The van der Waals surface area contributed by atoms with Gasteiger partial charge in [0.2, 0.25) is 0 Å². The second kappa shape index (κ2) is 6.42. The fourth-order valence-corrected chi connectivity index (χ4v) is 3.64. The number of hydrazine groups is 1. The van der Waals surface area contributed by atoms with Gasteiger partial charge in [-0.1, -0.05) is 19.1 Å². The molecule has 2 rings (SSSR count). The lowest BCUT2D eigenvalue weighted by atomic mass is 10.2. The van der Waals surface area contributed by atoms with Crippen LogP contribution in [0.3, 0.4) is 0 Å². The van der Waals surface area contributed by atoms with Crippen LogP contribution in [0, 0.1) is 5.92 Å². The average molecular weight is 313 g/mol. The molecule has 0 bridgehead atoms. The fraction of sp³-hybridized carbons (Fsp3) is 0.462. The first-order valence-corrected chi connectivity index (χ1v) is 8.19. The lowest BCUT2D eigenvalue weighted by Gasteiger charge is -2.18. The van der Waals surface area contributed by atoms with Crippen LogP contribution in [-0.4, -0.2) is 33.4 Å². The molecule has 1 heterocycles. The number of sulfonamides is 1. The number of methoxy groups -OCH3 is 1. The molecule has 1 fully saturated rings. The third kappa shape index (κ3) is 3.52. The third-order valence-electron chi connectivity index (χ3n) is 3.39. The molecule has 0 spiro atoms. The van der Waals surface area contributed by atoms with Crippen molar-refractivity contribution >= 4 is 21.7 Å². The zero-order chi connectivity index (χ0) is 15.5. The summed E-state index contributed by atoms with van der Waals surface area (Å²) in [4.78, 5) is 11.6. The predicted octanol–water partition coefficient (Wildman–Crippen LogP) is 0.214. The monoisotopic (exact) mass is 313 g/mol. The van der Waals surface area contributed by atoms with Gasteiger partial charge < -0.3 is 4.74 Å². The molecule has 1 saturated heterocycles. The van der Waals surface area contributed by atoms with Crippen LogP contribution in [0.4, 0.5) is 5.69 Å². The standard InChI is InChI=1S/C13H19N3O4S/c1-3-9-4-6-10(7-5-9)16-21(18,19)12-11(8-14-15-12)13(17)20-2/h4-7,11-12,14-16H,3,8H2,1-2H3. The topological polar surface area (TPSA) is 96.5 Å². The van der Waals surface area contributed by atoms with E-state index in [0.717, 1.165) is 12.0 Å². The van der Waals surface area contributed by atoms with Crippen molar-refractivity contribution in [3.8, 4) is 0 Å². The Morgan fingerprint density at radius 3 is 2.62 bits per heavy atom. The van der Waals surface area contributed by atoms with Crippen molar-refractivity contribution < 1.29 is 17.9 Å². The Hall–Kier alpha value is -1.64. The molecule has 0 saturated carbocycles. The normalized spacial score (nSPS) is 22.0. The molecule has 1 aromatic rings. The fourth-order valence-electron chi connectivity index (χ4n) is 2.17. The molecule has 0 aliphatic carbocycles. The third-order valence-corrected chi connectivity index (χ3v) is 5.03. The number of aryl methyl sites for hydroxylation is 1. The highest BCUT2D eigenvalue weighted by atomic mass is 32.2. The molecular formula is C13H19N3O4S. The number of anilines is 1. The van der Waals surface area contributed by atoms with E-state index in [0.29, 0.717) is 5.69 Å². The van der Waals surface area contributed by atoms with Gasteiger partial charge in [0.15, 0.2) is 5.37 Å². The smallest absolute Gasteiger partial charge is 0.312 e. The van der Waals surface area contributed by atoms with Gasteiger partial charge in [-0.3, -0.25) is 14.9 Å². The van der Waals surface area contributed by atoms with Gasteiger partial charge >= 0.3 is 5.97 Å². The van der Waals surface area contributed by atoms with Crippen LogP contribution in [0.2, 0.25) is 0 Å². The molecule has 116 valence electrons. The zero-order valence-corrected chi connectivity index (χ0v) is 12.7. The average Bonchev–Trinajstić information content (AvgIpc) is 2.97. The molecule has 0 amide bonds. The summed E-state index contributed by atoms with van der Waals surface area (Å²) in [6, 6.07) is 7.11. The minimum atomic E-state index is -3.76. The Morgan fingerprint density at radius 2 is 2.05 bits per heavy atom. The molecular weight excluding hydrogens is 294 g/mol. The van der Waals surface area contributed by atoms with Crippen LogP contribution in [0.15, 0.2) is 24.3 Å². The number of nitrogens with one attached hydrogen (secondary N) is 3. The van der Waals surface area contributed by atoms with E-state index in [-0.39, 0.29) is 6.54 Å². The molecule has 21 heavy (non-hydrogen) atoms. The first-order valence-electron chi connectivity index (χ1n) is 6.64. The van der Waals surface area contributed by atoms with E-state index < -0.39 is 27.3 Å². The van der Waals surface area contributed by atoms with E-state index in [4.69, 9.17) is 0 Å². The van der Waals surface area contributed by atoms with Crippen molar-refractivity contribution in [1.29, 1.82) is 0 Å². The maximum atomic E-state index is 12.4. The van der Waals surface area contributed by atoms with Gasteiger partial charge in [0.05, 0.1) is 7.11 Å². The summed E-state index contributed by atoms with van der Waals surface area (Å²) in [5.74, 6) is -1.35. The van der Waals surface area contributed by atoms with E-state index in [1.165, 1.54) is 7.11 Å². The summed E-state index contributed by atoms with van der Waals surface area (Å²) >= 11 is 0. The highest BCUT2D eigenvalue weighted by molar-refractivity contribution is 7.93. The van der Waals surface area contributed by atoms with E-state index >= 15 is 0 Å². The number of carbonyl (C=O) groups is 1. The molecule has 2 unspecified atom stereocenters. The Morgan fingerprint density at radius 1 is 1.38 bits per heavy atom. The lowest BCUT2D eigenvalue weighted by Crippen LogP contribution is -2.44. The number of ether oxygens (including phenoxy) is 1. The minimum absolute atomic E-state index is 0.201. The highest BCUT2D eigenvalue weighted by Crippen LogP contribution is 2.19. The van der Waals surface area contributed by atoms with Crippen LogP contribution in [0.25, 0.3) is 0 Å². The highest BCUT2D eigenvalue weighted by Gasteiger charge is 2.42. The van der Waals surface area contributed by atoms with Crippen LogP contribution in [0.1, 0.15) is 12.5 Å². The van der Waals surface area contributed by atoms with Gasteiger partial charge in [0, 0.05) is 12.2 Å². The van der Waals surface area contributed by atoms with Gasteiger partial charge in [0.25, 0.3) is 10.0 Å². The van der Waals surface area contributed by atoms with Gasteiger partial charge in [-0.05, 0) is 24.1 Å². The maximum Gasteiger partial charge on any atom is 0.312 e. The number of carbonyl (C=O) groups excluding carboxylic acids is 1. The van der Waals surface area contributed by atoms with Crippen LogP contribution < -0.4 is 15.6 Å². The van der Waals surface area contributed by atoms with Crippen molar-refractivity contribution in [3.63, 3.8) is 0 Å². The number of hydrogen-bond donors (Lipinski definition) is 3. The number of esters is 1. The first-order chi connectivity index (χ1) is 9.97. The summed E-state index contributed by atoms with van der Waals surface area (Å²) in [5, 5.41) is -1.07. The predicted molar refractivity (Wildman–Crippen MR) is 78.8 cm³/mol. The minimum Gasteiger partial charge on any atom is -0.469 e. The quantitative estimate of drug-likeness (QED) is 0.673. The first kappa shape index (κ1) is 15.7. The van der Waals surface area contributed by atoms with E-state index in [1.54, 1.807) is 12.1 Å². The van der Waals surface area contributed by atoms with Gasteiger partial charge in [-0.15, -0.1) is 0 Å². The second-order valence-electron chi connectivity index (χ2n) is 4.77. The molecule has 2 atom stereocenters. The Kier molecular flexibility index (Phi) is 4.81. The maximum absolute atomic E-state index is 12.4. The summed E-state index contributed by atoms with van der Waals surface area (Å²) in [6.07, 6.45) is 0.881. The molecule has 7 nitrogen and oxygen atoms in total.